The van der Waals surface area contributed by atoms with Gasteiger partial charge in [0.05, 0.1) is 19.8 Å². The largest absolute Gasteiger partial charge is 0.378 e. The standard InChI is InChI=1S/C16H24N4O2/c21-16(20-7-9-22-10-8-20)13-17-11-14-3-4-15(18-12-14)19-5-1-2-6-19/h3-4,12,17H,1-2,5-11,13H2. The van der Waals surface area contributed by atoms with Gasteiger partial charge in [-0.05, 0) is 24.5 Å². The van der Waals surface area contributed by atoms with Gasteiger partial charge in [-0.1, -0.05) is 6.07 Å². The molecule has 22 heavy (non-hydrogen) atoms. The summed E-state index contributed by atoms with van der Waals surface area (Å²) in [7, 11) is 0. The minimum absolute atomic E-state index is 0.143. The molecule has 2 aliphatic rings. The Balaban J connectivity index is 1.42. The molecule has 3 heterocycles. The van der Waals surface area contributed by atoms with Crippen molar-refractivity contribution < 1.29 is 9.53 Å². The van der Waals surface area contributed by atoms with Gasteiger partial charge < -0.3 is 19.9 Å². The molecular weight excluding hydrogens is 280 g/mol. The number of rotatable bonds is 5. The molecule has 0 aromatic carbocycles. The van der Waals surface area contributed by atoms with Crippen LogP contribution in [0.5, 0.6) is 0 Å². The Labute approximate surface area is 131 Å². The molecule has 1 aromatic heterocycles. The maximum Gasteiger partial charge on any atom is 0.236 e. The molecule has 2 aliphatic heterocycles. The molecule has 0 bridgehead atoms. The Morgan fingerprint density at radius 2 is 1.95 bits per heavy atom. The summed E-state index contributed by atoms with van der Waals surface area (Å²) in [5.41, 5.74) is 1.11. The number of carbonyl (C=O) groups is 1. The number of amides is 1. The molecule has 0 unspecified atom stereocenters. The lowest BCUT2D eigenvalue weighted by Gasteiger charge is -2.26. The SMILES string of the molecule is O=C(CNCc1ccc(N2CCCC2)nc1)N1CCOCC1. The van der Waals surface area contributed by atoms with Crippen molar-refractivity contribution >= 4 is 11.7 Å². The van der Waals surface area contributed by atoms with E-state index in [9.17, 15) is 4.79 Å². The minimum Gasteiger partial charge on any atom is -0.378 e. The number of nitrogens with one attached hydrogen (secondary N) is 1. The number of aromatic nitrogens is 1. The van der Waals surface area contributed by atoms with Gasteiger partial charge in [0.2, 0.25) is 5.91 Å². The van der Waals surface area contributed by atoms with Gasteiger partial charge in [-0.3, -0.25) is 4.79 Å². The number of nitrogens with zero attached hydrogens (tertiary/aromatic N) is 3. The monoisotopic (exact) mass is 304 g/mol. The molecular formula is C16H24N4O2. The molecule has 6 heteroatoms. The first-order valence-electron chi connectivity index (χ1n) is 8.09. The van der Waals surface area contributed by atoms with Gasteiger partial charge in [-0.15, -0.1) is 0 Å². The average Bonchev–Trinajstić information content (AvgIpc) is 3.11. The predicted octanol–water partition coefficient (Wildman–Crippen LogP) is 0.630. The first kappa shape index (κ1) is 15.2. The fraction of sp³-hybridized carbons (Fsp3) is 0.625. The van der Waals surface area contributed by atoms with E-state index in [4.69, 9.17) is 4.74 Å². The summed E-state index contributed by atoms with van der Waals surface area (Å²) in [5.74, 6) is 1.20. The second-order valence-electron chi connectivity index (χ2n) is 5.82. The number of morpholine rings is 1. The Morgan fingerprint density at radius 3 is 2.64 bits per heavy atom. The lowest BCUT2D eigenvalue weighted by molar-refractivity contribution is -0.134. The second-order valence-corrected chi connectivity index (χ2v) is 5.82. The van der Waals surface area contributed by atoms with Gasteiger partial charge in [0.15, 0.2) is 0 Å². The quantitative estimate of drug-likeness (QED) is 0.865. The fourth-order valence-electron chi connectivity index (χ4n) is 2.89. The molecule has 1 amide bonds. The van der Waals surface area contributed by atoms with E-state index in [-0.39, 0.29) is 5.91 Å². The molecule has 0 radical (unpaired) electrons. The van der Waals surface area contributed by atoms with Crippen molar-refractivity contribution in [3.8, 4) is 0 Å². The van der Waals surface area contributed by atoms with Crippen LogP contribution in [-0.2, 0) is 16.1 Å². The number of carbonyl (C=O) groups excluding carboxylic acids is 1. The van der Waals surface area contributed by atoms with Gasteiger partial charge in [0.1, 0.15) is 5.82 Å². The zero-order chi connectivity index (χ0) is 15.2. The lowest BCUT2D eigenvalue weighted by atomic mass is 10.2. The number of hydrogen-bond acceptors (Lipinski definition) is 5. The van der Waals surface area contributed by atoms with E-state index in [1.54, 1.807) is 0 Å². The van der Waals surface area contributed by atoms with Crippen LogP contribution in [0.15, 0.2) is 18.3 Å². The normalized spacial score (nSPS) is 18.7. The smallest absolute Gasteiger partial charge is 0.236 e. The Bertz CT molecular complexity index is 479. The summed E-state index contributed by atoms with van der Waals surface area (Å²) in [4.78, 5) is 20.7. The van der Waals surface area contributed by atoms with Crippen molar-refractivity contribution in [1.29, 1.82) is 0 Å². The van der Waals surface area contributed by atoms with Crippen LogP contribution < -0.4 is 10.2 Å². The molecule has 0 saturated carbocycles. The third-order valence-corrected chi connectivity index (χ3v) is 4.21. The molecule has 1 N–H and O–H groups in total. The zero-order valence-electron chi connectivity index (χ0n) is 13.0. The van der Waals surface area contributed by atoms with E-state index in [0.717, 1.165) is 24.5 Å². The molecule has 0 spiro atoms. The molecule has 2 fully saturated rings. The molecule has 3 rings (SSSR count). The number of pyridine rings is 1. The summed E-state index contributed by atoms with van der Waals surface area (Å²) in [5, 5.41) is 3.20. The van der Waals surface area contributed by atoms with Crippen LogP contribution >= 0.6 is 0 Å². The highest BCUT2D eigenvalue weighted by atomic mass is 16.5. The third-order valence-electron chi connectivity index (χ3n) is 4.21. The van der Waals surface area contributed by atoms with Gasteiger partial charge in [-0.2, -0.15) is 0 Å². The minimum atomic E-state index is 0.143. The second kappa shape index (κ2) is 7.56. The van der Waals surface area contributed by atoms with Crippen LogP contribution in [-0.4, -0.2) is 61.7 Å². The zero-order valence-corrected chi connectivity index (χ0v) is 13.0. The highest BCUT2D eigenvalue weighted by molar-refractivity contribution is 5.78. The number of anilines is 1. The van der Waals surface area contributed by atoms with Crippen molar-refractivity contribution in [1.82, 2.24) is 15.2 Å². The van der Waals surface area contributed by atoms with E-state index in [2.05, 4.69) is 27.3 Å². The average molecular weight is 304 g/mol. The summed E-state index contributed by atoms with van der Waals surface area (Å²) in [6.45, 7) is 5.95. The van der Waals surface area contributed by atoms with E-state index in [1.165, 1.54) is 12.8 Å². The molecule has 0 aliphatic carbocycles. The van der Waals surface area contributed by atoms with Crippen LogP contribution in [0.1, 0.15) is 18.4 Å². The predicted molar refractivity (Wildman–Crippen MR) is 84.8 cm³/mol. The van der Waals surface area contributed by atoms with Gasteiger partial charge in [-0.25, -0.2) is 4.98 Å². The Hall–Kier alpha value is -1.66. The van der Waals surface area contributed by atoms with E-state index in [0.29, 0.717) is 39.4 Å². The molecule has 0 atom stereocenters. The van der Waals surface area contributed by atoms with Gasteiger partial charge in [0, 0.05) is 38.9 Å². The van der Waals surface area contributed by atoms with Crippen LogP contribution in [0.2, 0.25) is 0 Å². The van der Waals surface area contributed by atoms with Crippen LogP contribution in [0, 0.1) is 0 Å². The summed E-state index contributed by atoms with van der Waals surface area (Å²) in [6.07, 6.45) is 4.42. The van der Waals surface area contributed by atoms with E-state index >= 15 is 0 Å². The van der Waals surface area contributed by atoms with Crippen molar-refractivity contribution in [2.45, 2.75) is 19.4 Å². The molecule has 6 nitrogen and oxygen atoms in total. The van der Waals surface area contributed by atoms with Crippen LogP contribution in [0.3, 0.4) is 0 Å². The molecule has 2 saturated heterocycles. The van der Waals surface area contributed by atoms with Crippen molar-refractivity contribution in [2.24, 2.45) is 0 Å². The topological polar surface area (TPSA) is 57.7 Å². The van der Waals surface area contributed by atoms with Gasteiger partial charge in [0.25, 0.3) is 0 Å². The van der Waals surface area contributed by atoms with Crippen molar-refractivity contribution in [2.75, 3.05) is 50.8 Å². The van der Waals surface area contributed by atoms with Crippen molar-refractivity contribution in [3.05, 3.63) is 23.9 Å². The Kier molecular flexibility index (Phi) is 5.24. The van der Waals surface area contributed by atoms with Crippen LogP contribution in [0.25, 0.3) is 0 Å². The highest BCUT2D eigenvalue weighted by Crippen LogP contribution is 2.17. The lowest BCUT2D eigenvalue weighted by Crippen LogP contribution is -2.44. The first-order chi connectivity index (χ1) is 10.8. The molecule has 120 valence electrons. The van der Waals surface area contributed by atoms with Crippen molar-refractivity contribution in [3.63, 3.8) is 0 Å². The number of hydrogen-bond donors (Lipinski definition) is 1. The first-order valence-corrected chi connectivity index (χ1v) is 8.09. The summed E-state index contributed by atoms with van der Waals surface area (Å²) >= 11 is 0. The van der Waals surface area contributed by atoms with E-state index < -0.39 is 0 Å². The van der Waals surface area contributed by atoms with Gasteiger partial charge >= 0.3 is 0 Å². The summed E-state index contributed by atoms with van der Waals surface area (Å²) in [6, 6.07) is 4.17. The van der Waals surface area contributed by atoms with E-state index in [1.807, 2.05) is 11.1 Å². The number of ether oxygens (including phenoxy) is 1. The maximum absolute atomic E-state index is 12.0. The Morgan fingerprint density at radius 1 is 1.18 bits per heavy atom. The fourth-order valence-corrected chi connectivity index (χ4v) is 2.89. The van der Waals surface area contributed by atoms with Crippen LogP contribution in [0.4, 0.5) is 5.82 Å². The molecule has 1 aromatic rings. The third kappa shape index (κ3) is 3.96. The highest BCUT2D eigenvalue weighted by Gasteiger charge is 2.16. The maximum atomic E-state index is 12.0. The summed E-state index contributed by atoms with van der Waals surface area (Å²) < 4.78 is 5.25.